The molecule has 0 bridgehead atoms. The van der Waals surface area contributed by atoms with E-state index in [-0.39, 0.29) is 5.78 Å². The van der Waals surface area contributed by atoms with E-state index in [4.69, 9.17) is 4.74 Å². The van der Waals surface area contributed by atoms with Crippen molar-refractivity contribution in [1.29, 1.82) is 0 Å². The van der Waals surface area contributed by atoms with E-state index in [9.17, 15) is 4.79 Å². The summed E-state index contributed by atoms with van der Waals surface area (Å²) in [5.74, 6) is 0.725. The Balaban J connectivity index is 2.18. The molecule has 0 saturated heterocycles. The maximum atomic E-state index is 11.4. The van der Waals surface area contributed by atoms with Gasteiger partial charge in [-0.15, -0.1) is 0 Å². The zero-order valence-electron chi connectivity index (χ0n) is 10.3. The van der Waals surface area contributed by atoms with Gasteiger partial charge in [0.2, 0.25) is 0 Å². The van der Waals surface area contributed by atoms with Gasteiger partial charge in [0.1, 0.15) is 12.4 Å². The van der Waals surface area contributed by atoms with E-state index in [1.165, 1.54) is 6.92 Å². The van der Waals surface area contributed by atoms with Gasteiger partial charge in [0.05, 0.1) is 4.47 Å². The van der Waals surface area contributed by atoms with Crippen molar-refractivity contribution in [3.8, 4) is 5.75 Å². The first-order chi connectivity index (χ1) is 9.09. The van der Waals surface area contributed by atoms with E-state index < -0.39 is 0 Å². The quantitative estimate of drug-likeness (QED) is 0.695. The molecule has 0 unspecified atom stereocenters. The fraction of sp³-hybridized carbons (Fsp3) is 0.133. The Labute approximate surface area is 129 Å². The summed E-state index contributed by atoms with van der Waals surface area (Å²) in [7, 11) is 0. The minimum Gasteiger partial charge on any atom is -0.488 e. The molecule has 0 aromatic heterocycles. The molecule has 2 aromatic carbocycles. The molecule has 4 heteroatoms. The zero-order chi connectivity index (χ0) is 13.8. The molecule has 19 heavy (non-hydrogen) atoms. The lowest BCUT2D eigenvalue weighted by molar-refractivity contribution is 0.101. The SMILES string of the molecule is CC(=O)c1ccc(OCc2ccccc2)c(Br)c1Br. The number of ketones is 1. The van der Waals surface area contributed by atoms with Gasteiger partial charge in [0, 0.05) is 10.0 Å². The van der Waals surface area contributed by atoms with Crippen LogP contribution < -0.4 is 4.74 Å². The normalized spacial score (nSPS) is 10.3. The lowest BCUT2D eigenvalue weighted by atomic mass is 10.1. The Kier molecular flexibility index (Phi) is 4.77. The fourth-order valence-electron chi connectivity index (χ4n) is 1.65. The first-order valence-electron chi connectivity index (χ1n) is 5.75. The van der Waals surface area contributed by atoms with Gasteiger partial charge in [-0.25, -0.2) is 0 Å². The summed E-state index contributed by atoms with van der Waals surface area (Å²) in [4.78, 5) is 11.4. The molecule has 2 nitrogen and oxygen atoms in total. The number of Topliss-reactive ketones (excluding diaryl/α,β-unsaturated/α-hetero) is 1. The second-order valence-corrected chi connectivity index (χ2v) is 5.66. The molecule has 0 atom stereocenters. The smallest absolute Gasteiger partial charge is 0.160 e. The Morgan fingerprint density at radius 1 is 1.05 bits per heavy atom. The van der Waals surface area contributed by atoms with Gasteiger partial charge in [0.25, 0.3) is 0 Å². The fourth-order valence-corrected chi connectivity index (χ4v) is 2.72. The van der Waals surface area contributed by atoms with E-state index in [0.29, 0.717) is 17.9 Å². The van der Waals surface area contributed by atoms with Gasteiger partial charge in [-0.05, 0) is 56.5 Å². The van der Waals surface area contributed by atoms with Gasteiger partial charge in [-0.3, -0.25) is 4.79 Å². The highest BCUT2D eigenvalue weighted by molar-refractivity contribution is 9.13. The van der Waals surface area contributed by atoms with Crippen LogP contribution in [0.15, 0.2) is 51.4 Å². The summed E-state index contributed by atoms with van der Waals surface area (Å²) in [6.07, 6.45) is 0. The molecule has 0 radical (unpaired) electrons. The lowest BCUT2D eigenvalue weighted by Gasteiger charge is -2.11. The highest BCUT2D eigenvalue weighted by atomic mass is 79.9. The van der Waals surface area contributed by atoms with Gasteiger partial charge in [-0.2, -0.15) is 0 Å². The Bertz CT molecular complexity index is 595. The first kappa shape index (κ1) is 14.3. The van der Waals surface area contributed by atoms with Crippen molar-refractivity contribution >= 4 is 37.6 Å². The highest BCUT2D eigenvalue weighted by Crippen LogP contribution is 2.35. The van der Waals surface area contributed by atoms with Gasteiger partial charge in [0.15, 0.2) is 5.78 Å². The number of ether oxygens (including phenoxy) is 1. The van der Waals surface area contributed by atoms with Crippen LogP contribution in [0.5, 0.6) is 5.75 Å². The van der Waals surface area contributed by atoms with E-state index in [1.54, 1.807) is 12.1 Å². The maximum Gasteiger partial charge on any atom is 0.160 e. The van der Waals surface area contributed by atoms with Crippen LogP contribution in [-0.4, -0.2) is 5.78 Å². The Hall–Kier alpha value is -1.13. The van der Waals surface area contributed by atoms with Crippen LogP contribution in [-0.2, 0) is 6.61 Å². The second-order valence-electron chi connectivity index (χ2n) is 4.07. The molecule has 0 heterocycles. The molecule has 0 aliphatic rings. The molecule has 0 N–H and O–H groups in total. The lowest BCUT2D eigenvalue weighted by Crippen LogP contribution is -1.99. The molecule has 0 spiro atoms. The average Bonchev–Trinajstić information content (AvgIpc) is 2.41. The number of carbonyl (C=O) groups is 1. The number of hydrogen-bond acceptors (Lipinski definition) is 2. The van der Waals surface area contributed by atoms with Gasteiger partial charge in [-0.1, -0.05) is 30.3 Å². The van der Waals surface area contributed by atoms with E-state index in [0.717, 1.165) is 14.5 Å². The Morgan fingerprint density at radius 2 is 1.74 bits per heavy atom. The molecular weight excluding hydrogens is 372 g/mol. The first-order valence-corrected chi connectivity index (χ1v) is 7.34. The van der Waals surface area contributed by atoms with Crippen molar-refractivity contribution in [3.05, 3.63) is 62.5 Å². The summed E-state index contributed by atoms with van der Waals surface area (Å²) in [5.41, 5.74) is 1.74. The third-order valence-electron chi connectivity index (χ3n) is 2.66. The minimum atomic E-state index is 0.0159. The predicted molar refractivity (Wildman–Crippen MR) is 82.6 cm³/mol. The highest BCUT2D eigenvalue weighted by Gasteiger charge is 2.13. The molecule has 0 saturated carbocycles. The zero-order valence-corrected chi connectivity index (χ0v) is 13.5. The van der Waals surface area contributed by atoms with Crippen molar-refractivity contribution in [2.24, 2.45) is 0 Å². The number of carbonyl (C=O) groups excluding carboxylic acids is 1. The summed E-state index contributed by atoms with van der Waals surface area (Å²) >= 11 is 6.86. The molecule has 2 rings (SSSR count). The van der Waals surface area contributed by atoms with E-state index in [2.05, 4.69) is 31.9 Å². The molecule has 0 amide bonds. The van der Waals surface area contributed by atoms with Crippen molar-refractivity contribution < 1.29 is 9.53 Å². The predicted octanol–water partition coefficient (Wildman–Crippen LogP) is 4.99. The van der Waals surface area contributed by atoms with Crippen LogP contribution in [0.1, 0.15) is 22.8 Å². The number of halogens is 2. The van der Waals surface area contributed by atoms with Crippen LogP contribution >= 0.6 is 31.9 Å². The van der Waals surface area contributed by atoms with Crippen LogP contribution in [0.25, 0.3) is 0 Å². The molecule has 2 aromatic rings. The maximum absolute atomic E-state index is 11.4. The molecule has 98 valence electrons. The third-order valence-corrected chi connectivity index (χ3v) is 4.81. The summed E-state index contributed by atoms with van der Waals surface area (Å²) in [6, 6.07) is 13.5. The number of benzene rings is 2. The molecule has 0 fully saturated rings. The Morgan fingerprint density at radius 3 is 2.37 bits per heavy atom. The van der Waals surface area contributed by atoms with Crippen LogP contribution in [0.3, 0.4) is 0 Å². The van der Waals surface area contributed by atoms with Crippen molar-refractivity contribution in [3.63, 3.8) is 0 Å². The van der Waals surface area contributed by atoms with Crippen LogP contribution in [0, 0.1) is 0 Å². The topological polar surface area (TPSA) is 26.3 Å². The monoisotopic (exact) mass is 382 g/mol. The van der Waals surface area contributed by atoms with Crippen LogP contribution in [0.2, 0.25) is 0 Å². The molecule has 0 aliphatic heterocycles. The van der Waals surface area contributed by atoms with Crippen molar-refractivity contribution in [2.45, 2.75) is 13.5 Å². The summed E-state index contributed by atoms with van der Waals surface area (Å²) in [5, 5.41) is 0. The third kappa shape index (κ3) is 3.45. The van der Waals surface area contributed by atoms with E-state index >= 15 is 0 Å². The summed E-state index contributed by atoms with van der Waals surface area (Å²) in [6.45, 7) is 2.03. The minimum absolute atomic E-state index is 0.0159. The molecular formula is C15H12Br2O2. The van der Waals surface area contributed by atoms with Gasteiger partial charge >= 0.3 is 0 Å². The van der Waals surface area contributed by atoms with Crippen molar-refractivity contribution in [2.75, 3.05) is 0 Å². The van der Waals surface area contributed by atoms with Gasteiger partial charge < -0.3 is 4.74 Å². The largest absolute Gasteiger partial charge is 0.488 e. The van der Waals surface area contributed by atoms with Crippen LogP contribution in [0.4, 0.5) is 0 Å². The number of rotatable bonds is 4. The average molecular weight is 384 g/mol. The second kappa shape index (κ2) is 6.35. The molecule has 0 aliphatic carbocycles. The summed E-state index contributed by atoms with van der Waals surface area (Å²) < 4.78 is 7.24. The van der Waals surface area contributed by atoms with E-state index in [1.807, 2.05) is 30.3 Å². The standard InChI is InChI=1S/C15H12Br2O2/c1-10(18)12-7-8-13(15(17)14(12)16)19-9-11-5-3-2-4-6-11/h2-8H,9H2,1H3. The number of hydrogen-bond donors (Lipinski definition) is 0. The van der Waals surface area contributed by atoms with Crippen molar-refractivity contribution in [1.82, 2.24) is 0 Å².